The van der Waals surface area contributed by atoms with Crippen LogP contribution < -0.4 is 20.1 Å². The van der Waals surface area contributed by atoms with Crippen LogP contribution >= 0.6 is 0 Å². The number of nitrogens with one attached hydrogen (secondary N) is 2. The minimum Gasteiger partial charge on any atom is -0.486 e. The average molecular weight is 423 g/mol. The Kier molecular flexibility index (Phi) is 5.08. The fourth-order valence-corrected chi connectivity index (χ4v) is 4.09. The number of benzene rings is 2. The van der Waals surface area contributed by atoms with Gasteiger partial charge in [-0.15, -0.1) is 0 Å². The summed E-state index contributed by atoms with van der Waals surface area (Å²) in [5.74, 6) is 0.177. The van der Waals surface area contributed by atoms with Gasteiger partial charge in [0.05, 0.1) is 0 Å². The van der Waals surface area contributed by atoms with Crippen LogP contribution in [0.1, 0.15) is 29.2 Å². The van der Waals surface area contributed by atoms with E-state index in [1.807, 2.05) is 32.9 Å². The van der Waals surface area contributed by atoms with E-state index in [1.165, 1.54) is 0 Å². The van der Waals surface area contributed by atoms with Gasteiger partial charge in [0.15, 0.2) is 11.5 Å². The summed E-state index contributed by atoms with van der Waals surface area (Å²) in [7, 11) is 0. The Morgan fingerprint density at radius 1 is 1.06 bits per heavy atom. The number of rotatable bonds is 4. The minimum atomic E-state index is -1.30. The van der Waals surface area contributed by atoms with E-state index in [0.29, 0.717) is 36.0 Å². The lowest BCUT2D eigenvalue weighted by Crippen LogP contribution is -2.42. The third-order valence-electron chi connectivity index (χ3n) is 5.64. The van der Waals surface area contributed by atoms with E-state index < -0.39 is 23.4 Å². The average Bonchev–Trinajstić information content (AvgIpc) is 2.94. The van der Waals surface area contributed by atoms with Gasteiger partial charge in [-0.25, -0.2) is 4.79 Å². The molecule has 2 N–H and O–H groups in total. The smallest absolute Gasteiger partial charge is 0.325 e. The lowest BCUT2D eigenvalue weighted by atomic mass is 9.91. The molecule has 1 saturated heterocycles. The summed E-state index contributed by atoms with van der Waals surface area (Å²) in [5.41, 5.74) is 2.88. The SMILES string of the molecule is Cc1cc(C)c(NC(=O)CN2C(=O)N[C@@](C)(c3ccc4c(c3)OCCO4)C2=O)c(C)c1. The number of imide groups is 1. The third-order valence-corrected chi connectivity index (χ3v) is 5.64. The second-order valence-corrected chi connectivity index (χ2v) is 8.13. The first-order valence-corrected chi connectivity index (χ1v) is 10.1. The monoisotopic (exact) mass is 423 g/mol. The van der Waals surface area contributed by atoms with Gasteiger partial charge in [-0.05, 0) is 56.5 Å². The second kappa shape index (κ2) is 7.61. The number of hydrogen-bond acceptors (Lipinski definition) is 5. The lowest BCUT2D eigenvalue weighted by molar-refractivity contribution is -0.133. The molecule has 2 aromatic carbocycles. The molecule has 0 aliphatic carbocycles. The van der Waals surface area contributed by atoms with Crippen LogP contribution in [-0.4, -0.2) is 42.5 Å². The number of hydrogen-bond donors (Lipinski definition) is 2. The first-order chi connectivity index (χ1) is 14.7. The fourth-order valence-electron chi connectivity index (χ4n) is 4.09. The maximum Gasteiger partial charge on any atom is 0.325 e. The molecule has 0 unspecified atom stereocenters. The molecule has 2 aliphatic rings. The summed E-state index contributed by atoms with van der Waals surface area (Å²) in [5, 5.41) is 5.55. The first kappa shape index (κ1) is 20.7. The van der Waals surface area contributed by atoms with Gasteiger partial charge in [0, 0.05) is 5.69 Å². The summed E-state index contributed by atoms with van der Waals surface area (Å²) in [6, 6.07) is 8.44. The predicted octanol–water partition coefficient (Wildman–Crippen LogP) is 2.79. The summed E-state index contributed by atoms with van der Waals surface area (Å²) in [6.07, 6.45) is 0. The number of amides is 4. The summed E-state index contributed by atoms with van der Waals surface area (Å²) < 4.78 is 11.1. The summed E-state index contributed by atoms with van der Waals surface area (Å²) in [6.45, 7) is 7.91. The van der Waals surface area contributed by atoms with Crippen molar-refractivity contribution in [2.75, 3.05) is 25.1 Å². The molecule has 0 bridgehead atoms. The van der Waals surface area contributed by atoms with E-state index in [2.05, 4.69) is 10.6 Å². The van der Waals surface area contributed by atoms with Crippen LogP contribution in [0.5, 0.6) is 11.5 Å². The Bertz CT molecular complexity index is 1070. The van der Waals surface area contributed by atoms with Gasteiger partial charge >= 0.3 is 6.03 Å². The maximum absolute atomic E-state index is 13.2. The zero-order valence-corrected chi connectivity index (χ0v) is 18.0. The molecule has 4 amide bonds. The van der Waals surface area contributed by atoms with Crippen molar-refractivity contribution in [3.05, 3.63) is 52.6 Å². The number of ether oxygens (including phenoxy) is 2. The van der Waals surface area contributed by atoms with Crippen molar-refractivity contribution < 1.29 is 23.9 Å². The van der Waals surface area contributed by atoms with Gasteiger partial charge < -0.3 is 20.1 Å². The van der Waals surface area contributed by atoms with Crippen molar-refractivity contribution in [2.45, 2.75) is 33.2 Å². The molecule has 2 aromatic rings. The van der Waals surface area contributed by atoms with Crippen molar-refractivity contribution in [3.8, 4) is 11.5 Å². The number of carbonyl (C=O) groups excluding carboxylic acids is 3. The molecule has 162 valence electrons. The van der Waals surface area contributed by atoms with Gasteiger partial charge in [0.2, 0.25) is 5.91 Å². The molecule has 1 fully saturated rings. The Balaban J connectivity index is 1.53. The van der Waals surface area contributed by atoms with Crippen molar-refractivity contribution in [2.24, 2.45) is 0 Å². The molecule has 0 radical (unpaired) electrons. The van der Waals surface area contributed by atoms with E-state index in [0.717, 1.165) is 21.6 Å². The highest BCUT2D eigenvalue weighted by molar-refractivity contribution is 6.10. The third kappa shape index (κ3) is 3.69. The Morgan fingerprint density at radius 2 is 1.71 bits per heavy atom. The normalized spacial score (nSPS) is 19.9. The molecule has 2 heterocycles. The van der Waals surface area contributed by atoms with Crippen LogP contribution in [0.15, 0.2) is 30.3 Å². The largest absolute Gasteiger partial charge is 0.486 e. The van der Waals surface area contributed by atoms with E-state index in [4.69, 9.17) is 9.47 Å². The van der Waals surface area contributed by atoms with Crippen LogP contribution in [0.4, 0.5) is 10.5 Å². The topological polar surface area (TPSA) is 97.0 Å². The number of fused-ring (bicyclic) bond motifs is 1. The van der Waals surface area contributed by atoms with Crippen LogP contribution in [0.25, 0.3) is 0 Å². The second-order valence-electron chi connectivity index (χ2n) is 8.13. The molecule has 8 nitrogen and oxygen atoms in total. The van der Waals surface area contributed by atoms with Crippen LogP contribution in [0.3, 0.4) is 0 Å². The molecule has 0 spiro atoms. The highest BCUT2D eigenvalue weighted by Gasteiger charge is 2.49. The molecule has 31 heavy (non-hydrogen) atoms. The molecular weight excluding hydrogens is 398 g/mol. The quantitative estimate of drug-likeness (QED) is 0.737. The van der Waals surface area contributed by atoms with Gasteiger partial charge in [-0.3, -0.25) is 14.5 Å². The Morgan fingerprint density at radius 3 is 2.39 bits per heavy atom. The maximum atomic E-state index is 13.2. The molecule has 4 rings (SSSR count). The number of nitrogens with zero attached hydrogens (tertiary/aromatic N) is 1. The fraction of sp³-hybridized carbons (Fsp3) is 0.348. The molecule has 1 atom stereocenters. The zero-order chi connectivity index (χ0) is 22.3. The van der Waals surface area contributed by atoms with Gasteiger partial charge in [-0.2, -0.15) is 0 Å². The standard InChI is InChI=1S/C23H25N3O5/c1-13-9-14(2)20(15(3)10-13)24-19(27)12-26-21(28)23(4,25-22(26)29)16-5-6-17-18(11-16)31-8-7-30-17/h5-6,9-11H,7-8,12H2,1-4H3,(H,24,27)(H,25,29)/t23-/m0/s1. The van der Waals surface area contributed by atoms with Crippen LogP contribution in [0, 0.1) is 20.8 Å². The molecular formula is C23H25N3O5. The van der Waals surface area contributed by atoms with E-state index >= 15 is 0 Å². The number of carbonyl (C=O) groups is 3. The highest BCUT2D eigenvalue weighted by Crippen LogP contribution is 2.36. The van der Waals surface area contributed by atoms with E-state index in [1.54, 1.807) is 25.1 Å². The summed E-state index contributed by atoms with van der Waals surface area (Å²) in [4.78, 5) is 39.4. The van der Waals surface area contributed by atoms with Gasteiger partial charge in [0.1, 0.15) is 25.3 Å². The summed E-state index contributed by atoms with van der Waals surface area (Å²) >= 11 is 0. The molecule has 2 aliphatic heterocycles. The van der Waals surface area contributed by atoms with Gasteiger partial charge in [0.25, 0.3) is 5.91 Å². The number of aryl methyl sites for hydroxylation is 3. The zero-order valence-electron chi connectivity index (χ0n) is 18.0. The lowest BCUT2D eigenvalue weighted by Gasteiger charge is -2.25. The van der Waals surface area contributed by atoms with Crippen molar-refractivity contribution in [3.63, 3.8) is 0 Å². The van der Waals surface area contributed by atoms with Crippen LogP contribution in [0.2, 0.25) is 0 Å². The van der Waals surface area contributed by atoms with E-state index in [9.17, 15) is 14.4 Å². The van der Waals surface area contributed by atoms with Gasteiger partial charge in [-0.1, -0.05) is 23.8 Å². The van der Waals surface area contributed by atoms with Crippen molar-refractivity contribution in [1.82, 2.24) is 10.2 Å². The van der Waals surface area contributed by atoms with Crippen molar-refractivity contribution in [1.29, 1.82) is 0 Å². The van der Waals surface area contributed by atoms with Crippen LogP contribution in [-0.2, 0) is 15.1 Å². The van der Waals surface area contributed by atoms with E-state index in [-0.39, 0.29) is 6.54 Å². The molecule has 8 heteroatoms. The molecule has 0 saturated carbocycles. The predicted molar refractivity (Wildman–Crippen MR) is 114 cm³/mol. The Hall–Kier alpha value is -3.55. The number of urea groups is 1. The number of anilines is 1. The van der Waals surface area contributed by atoms with Crippen molar-refractivity contribution >= 4 is 23.5 Å². The molecule has 0 aromatic heterocycles. The minimum absolute atomic E-state index is 0.377. The first-order valence-electron chi connectivity index (χ1n) is 10.1. The highest BCUT2D eigenvalue weighted by atomic mass is 16.6. The Labute approximate surface area is 180 Å².